The Bertz CT molecular complexity index is 1410. The number of aromatic nitrogens is 1. The summed E-state index contributed by atoms with van der Waals surface area (Å²) in [5.41, 5.74) is 2.22. The second-order valence-corrected chi connectivity index (χ2v) is 9.37. The molecule has 0 saturated heterocycles. The maximum Gasteiger partial charge on any atom is 0.303 e. The van der Waals surface area contributed by atoms with Crippen molar-refractivity contribution in [3.8, 4) is 16.9 Å². The molecule has 0 atom stereocenters. The molecule has 8 heteroatoms. The standard InChI is InChI=1S/C24H20ClNO5S/c1-31-18-11-12-22-20(14-18)17(10-13-23(27)28)15-26(22)32(29,30)24-19(8-5-9-21(24)25)16-6-3-2-4-7-16/h2-9,11-12,14-15H,10,13H2,1H3,(H,27,28). The van der Waals surface area contributed by atoms with E-state index in [0.29, 0.717) is 27.8 Å². The molecule has 1 heterocycles. The summed E-state index contributed by atoms with van der Waals surface area (Å²) in [7, 11) is -2.60. The lowest BCUT2D eigenvalue weighted by molar-refractivity contribution is -0.136. The minimum atomic E-state index is -4.12. The molecule has 0 radical (unpaired) electrons. The summed E-state index contributed by atoms with van der Waals surface area (Å²) in [6.07, 6.45) is 1.52. The zero-order valence-electron chi connectivity index (χ0n) is 17.2. The van der Waals surface area contributed by atoms with Crippen LogP contribution >= 0.6 is 11.6 Å². The molecular formula is C24H20ClNO5S. The van der Waals surface area contributed by atoms with E-state index in [4.69, 9.17) is 21.4 Å². The highest BCUT2D eigenvalue weighted by Gasteiger charge is 2.27. The molecule has 6 nitrogen and oxygen atoms in total. The van der Waals surface area contributed by atoms with Crippen molar-refractivity contribution in [2.45, 2.75) is 17.7 Å². The van der Waals surface area contributed by atoms with E-state index >= 15 is 0 Å². The molecule has 0 saturated carbocycles. The minimum absolute atomic E-state index is 0.00892. The Kier molecular flexibility index (Phi) is 5.95. The first-order valence-corrected chi connectivity index (χ1v) is 11.6. The van der Waals surface area contributed by atoms with Crippen LogP contribution in [0.5, 0.6) is 5.75 Å². The van der Waals surface area contributed by atoms with Crippen LogP contribution in [-0.2, 0) is 21.2 Å². The average molecular weight is 470 g/mol. The molecule has 32 heavy (non-hydrogen) atoms. The van der Waals surface area contributed by atoms with E-state index in [0.717, 1.165) is 5.56 Å². The normalized spacial score (nSPS) is 11.6. The highest BCUT2D eigenvalue weighted by atomic mass is 35.5. The fraction of sp³-hybridized carbons (Fsp3) is 0.125. The Hall–Kier alpha value is -3.29. The molecule has 1 N–H and O–H groups in total. The Morgan fingerprint density at radius 2 is 1.81 bits per heavy atom. The summed E-state index contributed by atoms with van der Waals surface area (Å²) in [5, 5.41) is 9.84. The predicted octanol–water partition coefficient (Wildman–Crippen LogP) is 5.22. The Morgan fingerprint density at radius 3 is 2.50 bits per heavy atom. The summed E-state index contributed by atoms with van der Waals surface area (Å²) >= 11 is 6.43. The first-order valence-electron chi connectivity index (χ1n) is 9.82. The van der Waals surface area contributed by atoms with E-state index in [1.165, 1.54) is 17.3 Å². The lowest BCUT2D eigenvalue weighted by Crippen LogP contribution is -2.14. The van der Waals surface area contributed by atoms with Gasteiger partial charge in [0.05, 0.1) is 17.6 Å². The molecule has 0 amide bonds. The van der Waals surface area contributed by atoms with Gasteiger partial charge in [-0.25, -0.2) is 12.4 Å². The lowest BCUT2D eigenvalue weighted by atomic mass is 10.1. The van der Waals surface area contributed by atoms with Crippen LogP contribution in [0.3, 0.4) is 0 Å². The molecule has 0 fully saturated rings. The first-order chi connectivity index (χ1) is 15.3. The topological polar surface area (TPSA) is 85.6 Å². The summed E-state index contributed by atoms with van der Waals surface area (Å²) in [6.45, 7) is 0. The highest BCUT2D eigenvalue weighted by molar-refractivity contribution is 7.90. The maximum atomic E-state index is 13.9. The number of rotatable bonds is 7. The van der Waals surface area contributed by atoms with E-state index in [-0.39, 0.29) is 22.8 Å². The van der Waals surface area contributed by atoms with Gasteiger partial charge >= 0.3 is 5.97 Å². The molecule has 0 aliphatic rings. The zero-order chi connectivity index (χ0) is 22.9. The van der Waals surface area contributed by atoms with Crippen molar-refractivity contribution in [3.05, 3.63) is 83.5 Å². The molecule has 0 bridgehead atoms. The quantitative estimate of drug-likeness (QED) is 0.401. The van der Waals surface area contributed by atoms with E-state index in [1.807, 2.05) is 30.3 Å². The summed E-state index contributed by atoms with van der Waals surface area (Å²) in [5.74, 6) is -0.416. The van der Waals surface area contributed by atoms with Gasteiger partial charge in [0.2, 0.25) is 0 Å². The summed E-state index contributed by atoms with van der Waals surface area (Å²) in [4.78, 5) is 11.1. The van der Waals surface area contributed by atoms with Crippen molar-refractivity contribution in [2.75, 3.05) is 7.11 Å². The monoisotopic (exact) mass is 469 g/mol. The van der Waals surface area contributed by atoms with Gasteiger partial charge in [-0.15, -0.1) is 0 Å². The fourth-order valence-corrected chi connectivity index (χ4v) is 5.85. The van der Waals surface area contributed by atoms with Gasteiger partial charge in [0, 0.05) is 23.6 Å². The smallest absolute Gasteiger partial charge is 0.303 e. The van der Waals surface area contributed by atoms with Gasteiger partial charge in [-0.1, -0.05) is 54.1 Å². The molecule has 4 aromatic rings. The lowest BCUT2D eigenvalue weighted by Gasteiger charge is -2.14. The maximum absolute atomic E-state index is 13.9. The van der Waals surface area contributed by atoms with Crippen molar-refractivity contribution >= 4 is 38.5 Å². The molecular weight excluding hydrogens is 450 g/mol. The molecule has 0 aliphatic heterocycles. The van der Waals surface area contributed by atoms with Gasteiger partial charge in [0.15, 0.2) is 0 Å². The minimum Gasteiger partial charge on any atom is -0.497 e. The number of hydrogen-bond acceptors (Lipinski definition) is 4. The zero-order valence-corrected chi connectivity index (χ0v) is 18.7. The fourth-order valence-electron chi connectivity index (χ4n) is 3.73. The Labute approximate surface area is 190 Å². The van der Waals surface area contributed by atoms with Crippen molar-refractivity contribution in [1.82, 2.24) is 3.97 Å². The van der Waals surface area contributed by atoms with Gasteiger partial charge in [0.1, 0.15) is 10.6 Å². The number of hydrogen-bond donors (Lipinski definition) is 1. The van der Waals surface area contributed by atoms with E-state index in [1.54, 1.807) is 36.4 Å². The predicted molar refractivity (Wildman–Crippen MR) is 124 cm³/mol. The van der Waals surface area contributed by atoms with Crippen LogP contribution in [0.15, 0.2) is 77.8 Å². The number of carbonyl (C=O) groups is 1. The molecule has 1 aromatic heterocycles. The molecule has 164 valence electrons. The highest BCUT2D eigenvalue weighted by Crippen LogP contribution is 2.37. The van der Waals surface area contributed by atoms with Crippen LogP contribution in [0.1, 0.15) is 12.0 Å². The first kappa shape index (κ1) is 21.9. The van der Waals surface area contributed by atoms with Crippen LogP contribution in [0.25, 0.3) is 22.0 Å². The Morgan fingerprint density at radius 1 is 1.06 bits per heavy atom. The van der Waals surface area contributed by atoms with Gasteiger partial charge in [-0.3, -0.25) is 4.79 Å². The number of halogens is 1. The van der Waals surface area contributed by atoms with Gasteiger partial charge in [-0.2, -0.15) is 0 Å². The number of benzene rings is 3. The van der Waals surface area contributed by atoms with Crippen molar-refractivity contribution in [1.29, 1.82) is 0 Å². The number of ether oxygens (including phenoxy) is 1. The summed E-state index contributed by atoms with van der Waals surface area (Å²) in [6, 6.07) is 19.1. The van der Waals surface area contributed by atoms with E-state index in [2.05, 4.69) is 0 Å². The third-order valence-corrected chi connectivity index (χ3v) is 7.44. The largest absolute Gasteiger partial charge is 0.497 e. The van der Waals surface area contributed by atoms with Gasteiger partial charge < -0.3 is 9.84 Å². The van der Waals surface area contributed by atoms with E-state index < -0.39 is 16.0 Å². The van der Waals surface area contributed by atoms with Crippen LogP contribution in [0, 0.1) is 0 Å². The van der Waals surface area contributed by atoms with Crippen LogP contribution in [-0.4, -0.2) is 30.6 Å². The summed E-state index contributed by atoms with van der Waals surface area (Å²) < 4.78 is 34.3. The number of carboxylic acid groups (broad SMARTS) is 1. The number of carboxylic acids is 1. The van der Waals surface area contributed by atoms with E-state index in [9.17, 15) is 13.2 Å². The number of fused-ring (bicyclic) bond motifs is 1. The number of methoxy groups -OCH3 is 1. The number of nitrogens with zero attached hydrogens (tertiary/aromatic N) is 1. The average Bonchev–Trinajstić information content (AvgIpc) is 3.16. The molecule has 4 rings (SSSR count). The molecule has 0 unspecified atom stereocenters. The van der Waals surface area contributed by atoms with Crippen molar-refractivity contribution < 1.29 is 23.1 Å². The molecule has 0 aliphatic carbocycles. The third-order valence-electron chi connectivity index (χ3n) is 5.24. The van der Waals surface area contributed by atoms with Gasteiger partial charge in [0.25, 0.3) is 10.0 Å². The van der Waals surface area contributed by atoms with Gasteiger partial charge in [-0.05, 0) is 41.8 Å². The third kappa shape index (κ3) is 3.97. The van der Waals surface area contributed by atoms with Crippen molar-refractivity contribution in [3.63, 3.8) is 0 Å². The van der Waals surface area contributed by atoms with Crippen LogP contribution in [0.4, 0.5) is 0 Å². The second kappa shape index (κ2) is 8.68. The van der Waals surface area contributed by atoms with Crippen LogP contribution in [0.2, 0.25) is 5.02 Å². The molecule has 3 aromatic carbocycles. The molecule has 0 spiro atoms. The number of aryl methyl sites for hydroxylation is 1. The second-order valence-electron chi connectivity index (χ2n) is 7.21. The Balaban J connectivity index is 1.96. The SMILES string of the molecule is COc1ccc2c(c1)c(CCC(=O)O)cn2S(=O)(=O)c1c(Cl)cccc1-c1ccccc1. The van der Waals surface area contributed by atoms with Crippen LogP contribution < -0.4 is 4.74 Å². The number of aliphatic carboxylic acids is 1. The van der Waals surface area contributed by atoms with Crippen molar-refractivity contribution in [2.24, 2.45) is 0 Å².